The monoisotopic (exact) mass is 403 g/mol. The van der Waals surface area contributed by atoms with Crippen molar-refractivity contribution < 1.29 is 0 Å². The fourth-order valence-corrected chi connectivity index (χ4v) is 4.74. The second-order valence-electron chi connectivity index (χ2n) is 9.79. The zero-order chi connectivity index (χ0) is 20.5. The number of rotatable bonds is 0. The third-order valence-corrected chi connectivity index (χ3v) is 6.81. The van der Waals surface area contributed by atoms with E-state index in [-0.39, 0.29) is 0 Å². The van der Waals surface area contributed by atoms with E-state index in [1.807, 2.05) is 0 Å². The molecule has 0 amide bonds. The summed E-state index contributed by atoms with van der Waals surface area (Å²) in [6.07, 6.45) is 45.0. The predicted molar refractivity (Wildman–Crippen MR) is 132 cm³/mol. The average Bonchev–Trinajstić information content (AvgIpc) is 2.73. The Bertz CT molecular complexity index is 286. The van der Waals surface area contributed by atoms with Crippen molar-refractivity contribution in [2.45, 2.75) is 173 Å². The van der Waals surface area contributed by atoms with E-state index >= 15 is 0 Å². The average molecular weight is 404 g/mol. The molecular formula is C29H55. The lowest BCUT2D eigenvalue weighted by atomic mass is 10.0. The zero-order valence-electron chi connectivity index (χ0n) is 20.2. The molecule has 0 aromatic heterocycles. The molecule has 0 spiro atoms. The molecule has 0 heterocycles. The van der Waals surface area contributed by atoms with Crippen LogP contribution in [-0.4, -0.2) is 0 Å². The van der Waals surface area contributed by atoms with E-state index in [1.54, 1.807) is 0 Å². The molecule has 171 valence electrons. The van der Waals surface area contributed by atoms with E-state index in [0.29, 0.717) is 0 Å². The van der Waals surface area contributed by atoms with Crippen LogP contribution in [0, 0.1) is 6.08 Å². The Kier molecular flexibility index (Phi) is 22.2. The molecule has 0 atom stereocenters. The lowest BCUT2D eigenvalue weighted by Gasteiger charge is -2.04. The number of allylic oxidation sites excluding steroid dienone is 2. The zero-order valence-corrected chi connectivity index (χ0v) is 20.2. The summed E-state index contributed by atoms with van der Waals surface area (Å²) in [6, 6.07) is 0. The molecule has 0 N–H and O–H groups in total. The maximum Gasteiger partial charge on any atom is -0.0279 e. The van der Waals surface area contributed by atoms with Gasteiger partial charge in [0.15, 0.2) is 0 Å². The van der Waals surface area contributed by atoms with Crippen molar-refractivity contribution in [1.29, 1.82) is 0 Å². The van der Waals surface area contributed by atoms with Crippen molar-refractivity contribution in [3.8, 4) is 0 Å². The van der Waals surface area contributed by atoms with Gasteiger partial charge in [0.2, 0.25) is 0 Å². The molecule has 0 aromatic carbocycles. The first kappa shape index (κ1) is 26.8. The van der Waals surface area contributed by atoms with E-state index in [9.17, 15) is 0 Å². The molecule has 0 aromatic rings. The molecule has 0 saturated carbocycles. The van der Waals surface area contributed by atoms with Crippen molar-refractivity contribution >= 4 is 0 Å². The molecule has 1 radical (unpaired) electrons. The van der Waals surface area contributed by atoms with Gasteiger partial charge in [-0.3, -0.25) is 0 Å². The minimum atomic E-state index is 1.19. The Morgan fingerprint density at radius 1 is 0.276 bits per heavy atom. The summed E-state index contributed by atoms with van der Waals surface area (Å²) in [4.78, 5) is 0. The van der Waals surface area contributed by atoms with Gasteiger partial charge < -0.3 is 0 Å². The van der Waals surface area contributed by atoms with Gasteiger partial charge in [0.25, 0.3) is 0 Å². The van der Waals surface area contributed by atoms with E-state index < -0.39 is 0 Å². The summed E-state index contributed by atoms with van der Waals surface area (Å²) in [6.45, 7) is 0. The standard InChI is InChI=1S/C29H55/c1-2-4-6-8-10-12-14-16-18-20-22-24-26-28-29-27-25-23-21-19-17-15-13-11-9-7-5-3-1/h1H,2,4-29H2. The second kappa shape index (κ2) is 24.0. The molecule has 1 rings (SSSR count). The van der Waals surface area contributed by atoms with E-state index in [0.717, 1.165) is 0 Å². The Balaban J connectivity index is 2.04. The minimum Gasteiger partial charge on any atom is -0.0811 e. The van der Waals surface area contributed by atoms with Crippen LogP contribution in [0.1, 0.15) is 173 Å². The number of hydrogen-bond donors (Lipinski definition) is 0. The largest absolute Gasteiger partial charge is 0.0811 e. The lowest BCUT2D eigenvalue weighted by Crippen LogP contribution is -1.84. The Labute approximate surface area is 185 Å². The van der Waals surface area contributed by atoms with Crippen LogP contribution in [-0.2, 0) is 0 Å². The van der Waals surface area contributed by atoms with Gasteiger partial charge in [-0.1, -0.05) is 154 Å². The van der Waals surface area contributed by atoms with Gasteiger partial charge in [-0.15, -0.1) is 0 Å². The normalized spacial score (nSPS) is 24.6. The Hall–Kier alpha value is -0.260. The fraction of sp³-hybridized carbons (Fsp3) is 0.931. The highest BCUT2D eigenvalue weighted by Crippen LogP contribution is 2.16. The summed E-state index contributed by atoms with van der Waals surface area (Å²) >= 11 is 0. The molecule has 0 unspecified atom stereocenters. The van der Waals surface area contributed by atoms with Crippen LogP contribution in [0.15, 0.2) is 6.08 Å². The van der Waals surface area contributed by atoms with Crippen molar-refractivity contribution in [3.63, 3.8) is 0 Å². The van der Waals surface area contributed by atoms with Crippen molar-refractivity contribution in [3.05, 3.63) is 12.2 Å². The minimum absolute atomic E-state index is 1.19. The van der Waals surface area contributed by atoms with Gasteiger partial charge in [0, 0.05) is 0 Å². The molecule has 1 aliphatic carbocycles. The number of hydrogen-bond acceptors (Lipinski definition) is 0. The van der Waals surface area contributed by atoms with Gasteiger partial charge in [-0.05, 0) is 31.8 Å². The highest BCUT2D eigenvalue weighted by molar-refractivity contribution is 4.73. The second-order valence-corrected chi connectivity index (χ2v) is 9.79. The topological polar surface area (TPSA) is 0 Å². The first-order chi connectivity index (χ1) is 14.5. The lowest BCUT2D eigenvalue weighted by molar-refractivity contribution is 0.516. The van der Waals surface area contributed by atoms with Gasteiger partial charge in [-0.2, -0.15) is 0 Å². The van der Waals surface area contributed by atoms with Crippen LogP contribution >= 0.6 is 0 Å². The Morgan fingerprint density at radius 2 is 0.517 bits per heavy atom. The highest BCUT2D eigenvalue weighted by Gasteiger charge is 1.96. The van der Waals surface area contributed by atoms with Crippen molar-refractivity contribution in [2.75, 3.05) is 0 Å². The molecule has 29 heavy (non-hydrogen) atoms. The summed E-state index contributed by atoms with van der Waals surface area (Å²) in [5.74, 6) is 0. The quantitative estimate of drug-likeness (QED) is 0.377. The molecule has 0 fully saturated rings. The SMILES string of the molecule is [C]1=C\CCCCCCCCCCCCCCCCCCCCCCCCCCC/1. The third-order valence-electron chi connectivity index (χ3n) is 6.81. The van der Waals surface area contributed by atoms with Crippen LogP contribution in [0.4, 0.5) is 0 Å². The summed E-state index contributed by atoms with van der Waals surface area (Å²) in [5.41, 5.74) is 0. The summed E-state index contributed by atoms with van der Waals surface area (Å²) in [5, 5.41) is 0. The van der Waals surface area contributed by atoms with Gasteiger partial charge in [0.05, 0.1) is 0 Å². The summed E-state index contributed by atoms with van der Waals surface area (Å²) in [7, 11) is 0. The predicted octanol–water partition coefficient (Wildman–Crippen LogP) is 10.9. The third kappa shape index (κ3) is 22.3. The van der Waals surface area contributed by atoms with Crippen LogP contribution in [0.3, 0.4) is 0 Å². The van der Waals surface area contributed by atoms with Gasteiger partial charge in [-0.25, -0.2) is 0 Å². The highest BCUT2D eigenvalue weighted by atomic mass is 14.0. The summed E-state index contributed by atoms with van der Waals surface area (Å²) < 4.78 is 0. The maximum atomic E-state index is 3.54. The molecule has 0 nitrogen and oxygen atoms in total. The smallest absolute Gasteiger partial charge is 0.0279 e. The van der Waals surface area contributed by atoms with Crippen LogP contribution in [0.2, 0.25) is 0 Å². The van der Waals surface area contributed by atoms with Crippen molar-refractivity contribution in [1.82, 2.24) is 0 Å². The fourth-order valence-electron chi connectivity index (χ4n) is 4.74. The van der Waals surface area contributed by atoms with E-state index in [1.165, 1.54) is 173 Å². The van der Waals surface area contributed by atoms with E-state index in [2.05, 4.69) is 12.2 Å². The molecular weight excluding hydrogens is 348 g/mol. The maximum absolute atomic E-state index is 3.54. The first-order valence-corrected chi connectivity index (χ1v) is 14.1. The first-order valence-electron chi connectivity index (χ1n) is 14.1. The van der Waals surface area contributed by atoms with Crippen molar-refractivity contribution in [2.24, 2.45) is 0 Å². The molecule has 0 saturated heterocycles. The molecule has 1 aliphatic rings. The van der Waals surface area contributed by atoms with E-state index in [4.69, 9.17) is 0 Å². The van der Waals surface area contributed by atoms with Gasteiger partial charge >= 0.3 is 0 Å². The van der Waals surface area contributed by atoms with Crippen LogP contribution in [0.5, 0.6) is 0 Å². The van der Waals surface area contributed by atoms with Crippen LogP contribution in [0.25, 0.3) is 0 Å². The van der Waals surface area contributed by atoms with Gasteiger partial charge in [0.1, 0.15) is 0 Å². The molecule has 0 heteroatoms. The Morgan fingerprint density at radius 3 is 0.828 bits per heavy atom. The molecule has 0 aliphatic heterocycles. The van der Waals surface area contributed by atoms with Crippen LogP contribution < -0.4 is 0 Å². The molecule has 0 bridgehead atoms.